The third-order valence-corrected chi connectivity index (χ3v) is 4.44. The van der Waals surface area contributed by atoms with Gasteiger partial charge in [-0.1, -0.05) is 76.9 Å². The van der Waals surface area contributed by atoms with E-state index in [2.05, 4.69) is 84.0 Å². The van der Waals surface area contributed by atoms with E-state index < -0.39 is 0 Å². The van der Waals surface area contributed by atoms with E-state index in [4.69, 9.17) is 0 Å². The fraction of sp³-hybridized carbons (Fsp3) is 0.381. The molecule has 1 heteroatoms. The molecule has 0 aromatic heterocycles. The summed E-state index contributed by atoms with van der Waals surface area (Å²) >= 11 is 0. The van der Waals surface area contributed by atoms with Crippen LogP contribution in [0.4, 0.5) is 0 Å². The van der Waals surface area contributed by atoms with Gasteiger partial charge in [0.25, 0.3) is 0 Å². The third kappa shape index (κ3) is 3.01. The normalized spacial score (nSPS) is 12.6. The first-order chi connectivity index (χ1) is 9.66. The van der Waals surface area contributed by atoms with E-state index >= 15 is 0 Å². The van der Waals surface area contributed by atoms with Crippen molar-refractivity contribution in [3.63, 3.8) is 0 Å². The van der Waals surface area contributed by atoms with E-state index in [0.717, 1.165) is 0 Å². The van der Waals surface area contributed by atoms with Crippen LogP contribution in [-0.4, -0.2) is 0 Å². The number of benzene rings is 2. The van der Waals surface area contributed by atoms with Crippen LogP contribution in [0.5, 0.6) is 0 Å². The second kappa shape index (κ2) is 5.52. The molecule has 3 aromatic rings. The summed E-state index contributed by atoms with van der Waals surface area (Å²) in [6, 6.07) is 16.2. The Hall–Kier alpha value is -1.09. The molecule has 0 aliphatic carbocycles. The molecular formula is C21H25Li. The zero-order valence-corrected chi connectivity index (χ0v) is 15.0. The molecule has 0 N–H and O–H groups in total. The molecular weight excluding hydrogens is 259 g/mol. The molecule has 0 fully saturated rings. The van der Waals surface area contributed by atoms with Crippen molar-refractivity contribution in [1.82, 2.24) is 0 Å². The number of hydrogen-bond acceptors (Lipinski definition) is 0. The van der Waals surface area contributed by atoms with Crippen molar-refractivity contribution < 1.29 is 18.9 Å². The van der Waals surface area contributed by atoms with Crippen LogP contribution in [0.3, 0.4) is 0 Å². The first-order valence-corrected chi connectivity index (χ1v) is 7.80. The van der Waals surface area contributed by atoms with Crippen LogP contribution in [0, 0.1) is 0 Å². The Morgan fingerprint density at radius 2 is 1.00 bits per heavy atom. The van der Waals surface area contributed by atoms with Gasteiger partial charge in [-0.2, -0.15) is 0 Å². The summed E-state index contributed by atoms with van der Waals surface area (Å²) < 4.78 is 0. The largest absolute Gasteiger partial charge is 1.00 e. The van der Waals surface area contributed by atoms with E-state index in [0.29, 0.717) is 0 Å². The Morgan fingerprint density at radius 3 is 1.32 bits per heavy atom. The molecule has 3 rings (SSSR count). The van der Waals surface area contributed by atoms with Gasteiger partial charge < -0.3 is 0 Å². The Morgan fingerprint density at radius 1 is 0.636 bits per heavy atom. The van der Waals surface area contributed by atoms with Gasteiger partial charge in [0.15, 0.2) is 0 Å². The predicted octanol–water partition coefficient (Wildman–Crippen LogP) is 3.31. The molecule has 0 bridgehead atoms. The van der Waals surface area contributed by atoms with Gasteiger partial charge in [-0.15, -0.1) is 39.7 Å². The van der Waals surface area contributed by atoms with Gasteiger partial charge >= 0.3 is 18.9 Å². The first-order valence-electron chi connectivity index (χ1n) is 7.80. The quantitative estimate of drug-likeness (QED) is 0.439. The van der Waals surface area contributed by atoms with Crippen molar-refractivity contribution in [2.45, 2.75) is 52.4 Å². The molecule has 0 aliphatic rings. The minimum Gasteiger partial charge on any atom is -0.126 e. The minimum absolute atomic E-state index is 0. The van der Waals surface area contributed by atoms with Crippen LogP contribution in [0.2, 0.25) is 0 Å². The monoisotopic (exact) mass is 284 g/mol. The molecule has 0 saturated carbocycles. The van der Waals surface area contributed by atoms with E-state index in [9.17, 15) is 0 Å². The molecule has 0 aliphatic heterocycles. The maximum atomic E-state index is 2.35. The molecule has 22 heavy (non-hydrogen) atoms. The molecule has 0 amide bonds. The standard InChI is InChI=1S/C21H25.Li/c1-20(2,3)16-7-9-18-14(12-16)11-15-13-17(21(4,5)6)8-10-19(15)18;/h7-13H,1-6H3;/q-1;+1. The van der Waals surface area contributed by atoms with Gasteiger partial charge in [0.05, 0.1) is 0 Å². The summed E-state index contributed by atoms with van der Waals surface area (Å²) in [5.41, 5.74) is 3.21. The molecule has 110 valence electrons. The number of rotatable bonds is 0. The van der Waals surface area contributed by atoms with E-state index in [1.807, 2.05) is 0 Å². The maximum absolute atomic E-state index is 2.35. The van der Waals surface area contributed by atoms with Crippen molar-refractivity contribution in [3.8, 4) is 0 Å². The van der Waals surface area contributed by atoms with Crippen molar-refractivity contribution in [3.05, 3.63) is 53.6 Å². The van der Waals surface area contributed by atoms with Crippen LogP contribution < -0.4 is 18.9 Å². The van der Waals surface area contributed by atoms with Crippen LogP contribution in [-0.2, 0) is 10.8 Å². The Kier molecular flexibility index (Phi) is 4.33. The molecule has 0 saturated heterocycles. The summed E-state index contributed by atoms with van der Waals surface area (Å²) in [5.74, 6) is 0. The second-order valence-electron chi connectivity index (χ2n) is 8.25. The Bertz CT molecular complexity index is 739. The summed E-state index contributed by atoms with van der Waals surface area (Å²) in [5, 5.41) is 5.48. The number of hydrogen-bond donors (Lipinski definition) is 0. The van der Waals surface area contributed by atoms with E-state index in [1.54, 1.807) is 0 Å². The SMILES string of the molecule is CC(C)(C)c1ccc2c(c1)[cH-]c1cc(C(C)(C)C)ccc12.[Li+]. The second-order valence-corrected chi connectivity index (χ2v) is 8.25. The molecule has 0 radical (unpaired) electrons. The molecule has 0 heterocycles. The van der Waals surface area contributed by atoms with Crippen molar-refractivity contribution >= 4 is 21.5 Å². The fourth-order valence-electron chi connectivity index (χ4n) is 2.96. The Labute approximate surface area is 146 Å². The molecule has 0 nitrogen and oxygen atoms in total. The smallest absolute Gasteiger partial charge is 0.126 e. The average molecular weight is 284 g/mol. The predicted molar refractivity (Wildman–Crippen MR) is 94.4 cm³/mol. The van der Waals surface area contributed by atoms with Gasteiger partial charge in [-0.05, 0) is 10.8 Å². The van der Waals surface area contributed by atoms with Gasteiger partial charge in [0.1, 0.15) is 0 Å². The zero-order chi connectivity index (χ0) is 15.4. The van der Waals surface area contributed by atoms with Crippen molar-refractivity contribution in [1.29, 1.82) is 0 Å². The van der Waals surface area contributed by atoms with Gasteiger partial charge in [0, 0.05) is 0 Å². The Balaban J connectivity index is 0.00000176. The fourth-order valence-corrected chi connectivity index (χ4v) is 2.96. The van der Waals surface area contributed by atoms with Gasteiger partial charge in [0.2, 0.25) is 0 Å². The molecule has 0 spiro atoms. The molecule has 0 unspecified atom stereocenters. The van der Waals surface area contributed by atoms with E-state index in [1.165, 1.54) is 32.7 Å². The van der Waals surface area contributed by atoms with Crippen LogP contribution >= 0.6 is 0 Å². The molecule has 0 atom stereocenters. The first kappa shape index (κ1) is 17.3. The number of fused-ring (bicyclic) bond motifs is 3. The van der Waals surface area contributed by atoms with Crippen LogP contribution in [0.15, 0.2) is 42.5 Å². The zero-order valence-electron chi connectivity index (χ0n) is 15.0. The summed E-state index contributed by atoms with van der Waals surface area (Å²) in [6.07, 6.45) is 0. The molecule has 3 aromatic carbocycles. The summed E-state index contributed by atoms with van der Waals surface area (Å²) in [7, 11) is 0. The van der Waals surface area contributed by atoms with Crippen LogP contribution in [0.25, 0.3) is 21.5 Å². The summed E-state index contributed by atoms with van der Waals surface area (Å²) in [4.78, 5) is 0. The third-order valence-electron chi connectivity index (χ3n) is 4.44. The average Bonchev–Trinajstić information content (AvgIpc) is 2.73. The van der Waals surface area contributed by atoms with Gasteiger partial charge in [-0.3, -0.25) is 0 Å². The van der Waals surface area contributed by atoms with Crippen molar-refractivity contribution in [2.75, 3.05) is 0 Å². The van der Waals surface area contributed by atoms with Gasteiger partial charge in [-0.25, -0.2) is 0 Å². The van der Waals surface area contributed by atoms with E-state index in [-0.39, 0.29) is 29.7 Å². The maximum Gasteiger partial charge on any atom is 1.00 e. The van der Waals surface area contributed by atoms with Crippen LogP contribution in [0.1, 0.15) is 52.7 Å². The van der Waals surface area contributed by atoms with Crippen molar-refractivity contribution in [2.24, 2.45) is 0 Å². The topological polar surface area (TPSA) is 0 Å². The summed E-state index contributed by atoms with van der Waals surface area (Å²) in [6.45, 7) is 13.6. The minimum atomic E-state index is 0.